The molecule has 1 aliphatic rings. The van der Waals surface area contributed by atoms with Crippen molar-refractivity contribution in [3.8, 4) is 5.75 Å². The number of fused-ring (bicyclic) bond motifs is 1. The quantitative estimate of drug-likeness (QED) is 0.890. The molecule has 20 heavy (non-hydrogen) atoms. The van der Waals surface area contributed by atoms with Crippen LogP contribution >= 0.6 is 11.3 Å². The first-order valence-electron chi connectivity index (χ1n) is 6.39. The molecule has 1 aromatic carbocycles. The lowest BCUT2D eigenvalue weighted by Crippen LogP contribution is -2.42. The number of aromatic nitrogens is 1. The zero-order valence-corrected chi connectivity index (χ0v) is 12.0. The predicted molar refractivity (Wildman–Crippen MR) is 77.4 cm³/mol. The molecule has 4 nitrogen and oxygen atoms in total. The second-order valence-electron chi connectivity index (χ2n) is 5.08. The van der Waals surface area contributed by atoms with Gasteiger partial charge in [0.05, 0.1) is 12.8 Å². The van der Waals surface area contributed by atoms with Crippen molar-refractivity contribution in [3.63, 3.8) is 0 Å². The van der Waals surface area contributed by atoms with Crippen LogP contribution in [0, 0.1) is 5.82 Å². The van der Waals surface area contributed by atoms with E-state index in [1.165, 1.54) is 18.4 Å². The molecule has 0 saturated carbocycles. The minimum Gasteiger partial charge on any atom is -0.494 e. The van der Waals surface area contributed by atoms with Gasteiger partial charge in [-0.15, -0.1) is 11.3 Å². The summed E-state index contributed by atoms with van der Waals surface area (Å²) in [7, 11) is 1.45. The van der Waals surface area contributed by atoms with Crippen molar-refractivity contribution in [1.29, 1.82) is 0 Å². The molecular weight excluding hydrogens is 277 g/mol. The Kier molecular flexibility index (Phi) is 3.14. The summed E-state index contributed by atoms with van der Waals surface area (Å²) in [5.41, 5.74) is 13.0. The Bertz CT molecular complexity index is 658. The molecule has 1 atom stereocenters. The maximum absolute atomic E-state index is 14.4. The third-order valence-corrected chi connectivity index (χ3v) is 4.73. The summed E-state index contributed by atoms with van der Waals surface area (Å²) in [6.07, 6.45) is 1.92. The van der Waals surface area contributed by atoms with Crippen molar-refractivity contribution in [2.45, 2.75) is 24.8 Å². The third kappa shape index (κ3) is 2.05. The molecule has 1 unspecified atom stereocenters. The van der Waals surface area contributed by atoms with Gasteiger partial charge >= 0.3 is 0 Å². The Morgan fingerprint density at radius 1 is 1.45 bits per heavy atom. The lowest BCUT2D eigenvalue weighted by Gasteiger charge is -2.33. The van der Waals surface area contributed by atoms with E-state index in [-0.39, 0.29) is 11.6 Å². The van der Waals surface area contributed by atoms with Crippen LogP contribution in [0.25, 0.3) is 0 Å². The van der Waals surface area contributed by atoms with E-state index < -0.39 is 5.54 Å². The van der Waals surface area contributed by atoms with Crippen LogP contribution < -0.4 is 16.2 Å². The van der Waals surface area contributed by atoms with Gasteiger partial charge < -0.3 is 16.2 Å². The lowest BCUT2D eigenvalue weighted by molar-refractivity contribution is 0.346. The minimum absolute atomic E-state index is 0.224. The second kappa shape index (κ2) is 4.71. The van der Waals surface area contributed by atoms with Gasteiger partial charge in [-0.05, 0) is 18.9 Å². The third-order valence-electron chi connectivity index (χ3n) is 3.80. The molecule has 4 N–H and O–H groups in total. The van der Waals surface area contributed by atoms with Crippen molar-refractivity contribution in [2.24, 2.45) is 5.73 Å². The molecular formula is C14H16FN3OS. The smallest absolute Gasteiger partial charge is 0.180 e. The van der Waals surface area contributed by atoms with Crippen LogP contribution in [-0.2, 0) is 18.4 Å². The van der Waals surface area contributed by atoms with E-state index in [1.54, 1.807) is 18.2 Å². The van der Waals surface area contributed by atoms with Crippen molar-refractivity contribution in [2.75, 3.05) is 12.8 Å². The van der Waals surface area contributed by atoms with Gasteiger partial charge in [-0.2, -0.15) is 0 Å². The summed E-state index contributed by atoms with van der Waals surface area (Å²) < 4.78 is 19.5. The van der Waals surface area contributed by atoms with Gasteiger partial charge in [0.15, 0.2) is 16.7 Å². The highest BCUT2D eigenvalue weighted by Gasteiger charge is 2.36. The second-order valence-corrected chi connectivity index (χ2v) is 6.19. The van der Waals surface area contributed by atoms with Gasteiger partial charge in [0, 0.05) is 22.4 Å². The molecule has 6 heteroatoms. The van der Waals surface area contributed by atoms with E-state index in [9.17, 15) is 4.39 Å². The minimum atomic E-state index is -0.732. The number of rotatable bonds is 2. The Morgan fingerprint density at radius 2 is 2.25 bits per heavy atom. The molecule has 1 aliphatic carbocycles. The number of halogens is 1. The van der Waals surface area contributed by atoms with Gasteiger partial charge in [0.2, 0.25) is 0 Å². The number of anilines is 1. The maximum atomic E-state index is 14.4. The largest absolute Gasteiger partial charge is 0.494 e. The van der Waals surface area contributed by atoms with Crippen LogP contribution in [0.2, 0.25) is 0 Å². The van der Waals surface area contributed by atoms with Gasteiger partial charge in [0.1, 0.15) is 0 Å². The Hall–Kier alpha value is -1.66. The fourth-order valence-corrected chi connectivity index (χ4v) is 3.74. The molecule has 0 saturated heterocycles. The van der Waals surface area contributed by atoms with Gasteiger partial charge in [-0.1, -0.05) is 12.1 Å². The number of aryl methyl sites for hydroxylation is 1. The zero-order chi connectivity index (χ0) is 14.3. The number of nitrogens with zero attached hydrogens (tertiary/aromatic N) is 1. The van der Waals surface area contributed by atoms with Crippen LogP contribution in [0.3, 0.4) is 0 Å². The fraction of sp³-hybridized carbons (Fsp3) is 0.357. The number of methoxy groups -OCH3 is 1. The van der Waals surface area contributed by atoms with Crippen LogP contribution in [0.5, 0.6) is 5.75 Å². The number of ether oxygens (including phenoxy) is 1. The van der Waals surface area contributed by atoms with E-state index >= 15 is 0 Å². The van der Waals surface area contributed by atoms with Crippen molar-refractivity contribution < 1.29 is 9.13 Å². The number of hydrogen-bond acceptors (Lipinski definition) is 5. The maximum Gasteiger partial charge on any atom is 0.180 e. The van der Waals surface area contributed by atoms with Crippen molar-refractivity contribution in [1.82, 2.24) is 4.98 Å². The number of hydrogen-bond donors (Lipinski definition) is 2. The molecule has 0 aliphatic heterocycles. The molecule has 106 valence electrons. The SMILES string of the molecule is COc1cccc(C2(N)CCc3nc(N)sc3C2)c1F. The summed E-state index contributed by atoms with van der Waals surface area (Å²) in [5.74, 6) is -0.152. The van der Waals surface area contributed by atoms with E-state index in [0.717, 1.165) is 17.0 Å². The van der Waals surface area contributed by atoms with Crippen molar-refractivity contribution >= 4 is 16.5 Å². The highest BCUT2D eigenvalue weighted by Crippen LogP contribution is 2.39. The van der Waals surface area contributed by atoms with E-state index in [0.29, 0.717) is 23.5 Å². The van der Waals surface area contributed by atoms with Crippen molar-refractivity contribution in [3.05, 3.63) is 40.2 Å². The molecule has 2 aromatic rings. The fourth-order valence-electron chi connectivity index (χ4n) is 2.74. The normalized spacial score (nSPS) is 21.6. The molecule has 3 rings (SSSR count). The monoisotopic (exact) mass is 293 g/mol. The van der Waals surface area contributed by atoms with E-state index in [4.69, 9.17) is 16.2 Å². The lowest BCUT2D eigenvalue weighted by atomic mass is 9.78. The van der Waals surface area contributed by atoms with Gasteiger partial charge in [0.25, 0.3) is 0 Å². The van der Waals surface area contributed by atoms with E-state index in [2.05, 4.69) is 4.98 Å². The predicted octanol–water partition coefficient (Wildman–Crippen LogP) is 2.22. The van der Waals surface area contributed by atoms with E-state index in [1.807, 2.05) is 0 Å². The highest BCUT2D eigenvalue weighted by atomic mass is 32.1. The Morgan fingerprint density at radius 3 is 3.00 bits per heavy atom. The summed E-state index contributed by atoms with van der Waals surface area (Å²) in [4.78, 5) is 5.34. The topological polar surface area (TPSA) is 74.2 Å². The average molecular weight is 293 g/mol. The highest BCUT2D eigenvalue weighted by molar-refractivity contribution is 7.15. The average Bonchev–Trinajstić information content (AvgIpc) is 2.78. The molecule has 0 fully saturated rings. The molecule has 0 amide bonds. The number of nitrogens with two attached hydrogens (primary N) is 2. The summed E-state index contributed by atoms with van der Waals surface area (Å²) in [5, 5.41) is 0.547. The summed E-state index contributed by atoms with van der Waals surface area (Å²) in [6.45, 7) is 0. The first-order chi connectivity index (χ1) is 9.53. The molecule has 1 heterocycles. The summed E-state index contributed by atoms with van der Waals surface area (Å²) in [6, 6.07) is 5.09. The van der Waals surface area contributed by atoms with Crippen LogP contribution in [0.15, 0.2) is 18.2 Å². The van der Waals surface area contributed by atoms with Crippen LogP contribution in [0.4, 0.5) is 9.52 Å². The Balaban J connectivity index is 2.02. The molecule has 0 bridgehead atoms. The number of nitrogen functional groups attached to an aromatic ring is 1. The first kappa shape index (κ1) is 13.3. The van der Waals surface area contributed by atoms with Crippen LogP contribution in [-0.4, -0.2) is 12.1 Å². The standard InChI is InChI=1S/C14H16FN3OS/c1-19-10-4-2-3-8(12(10)15)14(17)6-5-9-11(7-14)20-13(16)18-9/h2-4H,5-7,17H2,1H3,(H2,16,18). The summed E-state index contributed by atoms with van der Waals surface area (Å²) >= 11 is 1.44. The molecule has 0 spiro atoms. The Labute approximate surface area is 120 Å². The van der Waals surface area contributed by atoms with Crippen LogP contribution in [0.1, 0.15) is 22.6 Å². The number of benzene rings is 1. The molecule has 0 radical (unpaired) electrons. The number of thiazole rings is 1. The first-order valence-corrected chi connectivity index (χ1v) is 7.21. The molecule has 1 aromatic heterocycles. The van der Waals surface area contributed by atoms with Gasteiger partial charge in [-0.3, -0.25) is 0 Å². The zero-order valence-electron chi connectivity index (χ0n) is 11.1. The van der Waals surface area contributed by atoms with Gasteiger partial charge in [-0.25, -0.2) is 9.37 Å².